The molecule has 3 aromatic carbocycles. The maximum absolute atomic E-state index is 6.43. The SMILES string of the molecule is CC/C=C1/OC(c2ccccc2)=C(c2ccccc2)N1CCSc1ccccc1. The van der Waals surface area contributed by atoms with E-state index in [9.17, 15) is 0 Å². The van der Waals surface area contributed by atoms with Crippen LogP contribution in [0.3, 0.4) is 0 Å². The minimum Gasteiger partial charge on any atom is -0.438 e. The van der Waals surface area contributed by atoms with Crippen molar-refractivity contribution in [1.82, 2.24) is 4.90 Å². The van der Waals surface area contributed by atoms with Crippen molar-refractivity contribution in [3.63, 3.8) is 0 Å². The summed E-state index contributed by atoms with van der Waals surface area (Å²) in [6.45, 7) is 3.03. The van der Waals surface area contributed by atoms with E-state index in [1.165, 1.54) is 10.5 Å². The zero-order chi connectivity index (χ0) is 19.9. The van der Waals surface area contributed by atoms with Crippen LogP contribution in [0.25, 0.3) is 11.5 Å². The molecule has 1 aliphatic heterocycles. The van der Waals surface area contributed by atoms with Crippen LogP contribution >= 0.6 is 11.8 Å². The van der Waals surface area contributed by atoms with Crippen molar-refractivity contribution in [2.45, 2.75) is 18.2 Å². The van der Waals surface area contributed by atoms with Gasteiger partial charge in [0, 0.05) is 28.3 Å². The molecule has 0 spiro atoms. The number of thioether (sulfide) groups is 1. The highest BCUT2D eigenvalue weighted by atomic mass is 32.2. The Bertz CT molecular complexity index is 981. The fraction of sp³-hybridized carbons (Fsp3) is 0.154. The maximum Gasteiger partial charge on any atom is 0.196 e. The first-order valence-electron chi connectivity index (χ1n) is 10.1. The minimum absolute atomic E-state index is 0.881. The molecule has 0 fully saturated rings. The molecular weight excluding hydrogens is 374 g/mol. The van der Waals surface area contributed by atoms with Gasteiger partial charge in [0.15, 0.2) is 11.6 Å². The fourth-order valence-electron chi connectivity index (χ4n) is 3.43. The van der Waals surface area contributed by atoms with Gasteiger partial charge in [-0.1, -0.05) is 85.8 Å². The van der Waals surface area contributed by atoms with E-state index in [0.717, 1.165) is 41.6 Å². The molecule has 0 atom stereocenters. The molecule has 1 aliphatic rings. The van der Waals surface area contributed by atoms with Gasteiger partial charge in [-0.25, -0.2) is 0 Å². The third kappa shape index (κ3) is 4.57. The van der Waals surface area contributed by atoms with Crippen LogP contribution in [-0.4, -0.2) is 17.2 Å². The number of ether oxygens (including phenoxy) is 1. The molecule has 2 nitrogen and oxygen atoms in total. The molecule has 0 saturated carbocycles. The first-order valence-corrected chi connectivity index (χ1v) is 11.0. The summed E-state index contributed by atoms with van der Waals surface area (Å²) in [4.78, 5) is 3.62. The molecule has 0 radical (unpaired) electrons. The third-order valence-corrected chi connectivity index (χ3v) is 5.74. The molecule has 1 heterocycles. The predicted octanol–water partition coefficient (Wildman–Crippen LogP) is 6.89. The third-order valence-electron chi connectivity index (χ3n) is 4.75. The van der Waals surface area contributed by atoms with E-state index in [1.807, 2.05) is 17.8 Å². The molecule has 0 unspecified atom stereocenters. The highest BCUT2D eigenvalue weighted by Crippen LogP contribution is 2.41. The number of hydrogen-bond donors (Lipinski definition) is 0. The number of rotatable bonds is 7. The molecular formula is C26H25NOS. The summed E-state index contributed by atoms with van der Waals surface area (Å²) in [5.74, 6) is 2.84. The van der Waals surface area contributed by atoms with Gasteiger partial charge in [0.05, 0.1) is 5.70 Å². The quantitative estimate of drug-likeness (QED) is 0.401. The summed E-state index contributed by atoms with van der Waals surface area (Å²) in [6, 6.07) is 31.5. The van der Waals surface area contributed by atoms with E-state index in [4.69, 9.17) is 4.74 Å². The summed E-state index contributed by atoms with van der Waals surface area (Å²) < 4.78 is 6.43. The topological polar surface area (TPSA) is 12.5 Å². The van der Waals surface area contributed by atoms with Crippen molar-refractivity contribution in [1.29, 1.82) is 0 Å². The Labute approximate surface area is 177 Å². The smallest absolute Gasteiger partial charge is 0.196 e. The van der Waals surface area contributed by atoms with E-state index in [1.54, 1.807) is 0 Å². The van der Waals surface area contributed by atoms with Gasteiger partial charge < -0.3 is 9.64 Å². The van der Waals surface area contributed by atoms with E-state index < -0.39 is 0 Å². The molecule has 4 rings (SSSR count). The first-order chi connectivity index (χ1) is 14.4. The lowest BCUT2D eigenvalue weighted by molar-refractivity contribution is 0.296. The molecule has 3 aromatic rings. The Balaban J connectivity index is 1.68. The fourth-order valence-corrected chi connectivity index (χ4v) is 4.29. The second-order valence-corrected chi connectivity index (χ2v) is 7.94. The van der Waals surface area contributed by atoms with Crippen LogP contribution < -0.4 is 0 Å². The Morgan fingerprint density at radius 3 is 2.00 bits per heavy atom. The normalized spacial score (nSPS) is 15.1. The van der Waals surface area contributed by atoms with Crippen LogP contribution in [0.15, 0.2) is 108 Å². The zero-order valence-electron chi connectivity index (χ0n) is 16.6. The van der Waals surface area contributed by atoms with Crippen molar-refractivity contribution in [2.75, 3.05) is 12.3 Å². The lowest BCUT2D eigenvalue weighted by Gasteiger charge is -2.21. The van der Waals surface area contributed by atoms with E-state index in [2.05, 4.69) is 103 Å². The van der Waals surface area contributed by atoms with Crippen molar-refractivity contribution < 1.29 is 4.74 Å². The van der Waals surface area contributed by atoms with Crippen molar-refractivity contribution in [3.05, 3.63) is 114 Å². The van der Waals surface area contributed by atoms with E-state index in [-0.39, 0.29) is 0 Å². The monoisotopic (exact) mass is 399 g/mol. The van der Waals surface area contributed by atoms with Crippen LogP contribution in [0.2, 0.25) is 0 Å². The second kappa shape index (κ2) is 9.53. The summed E-state index contributed by atoms with van der Waals surface area (Å²) in [5.41, 5.74) is 3.42. The van der Waals surface area contributed by atoms with Gasteiger partial charge in [0.2, 0.25) is 0 Å². The van der Waals surface area contributed by atoms with Gasteiger partial charge in [-0.3, -0.25) is 0 Å². The molecule has 0 bridgehead atoms. The molecule has 0 saturated heterocycles. The van der Waals surface area contributed by atoms with E-state index in [0.29, 0.717) is 0 Å². The average molecular weight is 400 g/mol. The van der Waals surface area contributed by atoms with Crippen molar-refractivity contribution in [2.24, 2.45) is 0 Å². The minimum atomic E-state index is 0.881. The van der Waals surface area contributed by atoms with Crippen molar-refractivity contribution >= 4 is 23.2 Å². The molecule has 0 aromatic heterocycles. The van der Waals surface area contributed by atoms with Crippen LogP contribution in [-0.2, 0) is 4.74 Å². The van der Waals surface area contributed by atoms with Crippen LogP contribution in [0, 0.1) is 0 Å². The van der Waals surface area contributed by atoms with Gasteiger partial charge in [0.1, 0.15) is 0 Å². The number of allylic oxidation sites excluding steroid dienone is 1. The highest BCUT2D eigenvalue weighted by Gasteiger charge is 2.30. The Kier molecular flexibility index (Phi) is 6.38. The summed E-state index contributed by atoms with van der Waals surface area (Å²) in [7, 11) is 0. The summed E-state index contributed by atoms with van der Waals surface area (Å²) >= 11 is 1.87. The van der Waals surface area contributed by atoms with Crippen LogP contribution in [0.1, 0.15) is 24.5 Å². The number of hydrogen-bond acceptors (Lipinski definition) is 3. The molecule has 0 N–H and O–H groups in total. The average Bonchev–Trinajstić information content (AvgIpc) is 3.14. The Morgan fingerprint density at radius 1 is 0.793 bits per heavy atom. The standard InChI is InChI=1S/C26H25NOS/c1-2-12-24-27(19-20-29-23-17-10-5-11-18-23)25(21-13-6-3-7-14-21)26(28-24)22-15-8-4-9-16-22/h3-18H,2,19-20H2,1H3/b24-12+. The lowest BCUT2D eigenvalue weighted by Crippen LogP contribution is -2.21. The van der Waals surface area contributed by atoms with Gasteiger partial charge >= 0.3 is 0 Å². The van der Waals surface area contributed by atoms with Gasteiger partial charge in [-0.15, -0.1) is 11.8 Å². The van der Waals surface area contributed by atoms with Crippen molar-refractivity contribution in [3.8, 4) is 0 Å². The van der Waals surface area contributed by atoms with Crippen LogP contribution in [0.5, 0.6) is 0 Å². The Hall–Kier alpha value is -2.91. The second-order valence-electron chi connectivity index (χ2n) is 6.78. The molecule has 3 heteroatoms. The first kappa shape index (κ1) is 19.4. The highest BCUT2D eigenvalue weighted by molar-refractivity contribution is 7.99. The van der Waals surface area contributed by atoms with Gasteiger partial charge in [-0.2, -0.15) is 0 Å². The van der Waals surface area contributed by atoms with Crippen LogP contribution in [0.4, 0.5) is 0 Å². The molecule has 29 heavy (non-hydrogen) atoms. The zero-order valence-corrected chi connectivity index (χ0v) is 17.4. The van der Waals surface area contributed by atoms with Gasteiger partial charge in [0.25, 0.3) is 0 Å². The van der Waals surface area contributed by atoms with E-state index >= 15 is 0 Å². The summed E-state index contributed by atoms with van der Waals surface area (Å²) in [5, 5.41) is 0. The summed E-state index contributed by atoms with van der Waals surface area (Å²) in [6.07, 6.45) is 3.11. The maximum atomic E-state index is 6.43. The van der Waals surface area contributed by atoms with Gasteiger partial charge in [-0.05, 0) is 24.6 Å². The lowest BCUT2D eigenvalue weighted by atomic mass is 10.1. The predicted molar refractivity (Wildman–Crippen MR) is 123 cm³/mol. The molecule has 0 amide bonds. The number of nitrogens with zero attached hydrogens (tertiary/aromatic N) is 1. The number of benzene rings is 3. The largest absolute Gasteiger partial charge is 0.438 e. The molecule has 146 valence electrons. The Morgan fingerprint density at radius 2 is 1.38 bits per heavy atom. The molecule has 0 aliphatic carbocycles.